The van der Waals surface area contributed by atoms with Gasteiger partial charge < -0.3 is 14.6 Å². The molecule has 37 heavy (non-hydrogen) atoms. The third-order valence-electron chi connectivity index (χ3n) is 6.09. The second-order valence-electron chi connectivity index (χ2n) is 8.89. The predicted molar refractivity (Wildman–Crippen MR) is 156 cm³/mol. The second kappa shape index (κ2) is 10.8. The molecule has 1 fully saturated rings. The van der Waals surface area contributed by atoms with Crippen LogP contribution in [0.4, 0.5) is 5.69 Å². The third kappa shape index (κ3) is 5.89. The van der Waals surface area contributed by atoms with E-state index in [0.29, 0.717) is 16.7 Å². The molecule has 5 nitrogen and oxygen atoms in total. The summed E-state index contributed by atoms with van der Waals surface area (Å²) in [4.78, 5) is 17.8. The molecule has 0 spiro atoms. The molecule has 4 aromatic rings. The van der Waals surface area contributed by atoms with Crippen LogP contribution in [-0.4, -0.2) is 15.6 Å². The quantitative estimate of drug-likeness (QED) is 0.242. The van der Waals surface area contributed by atoms with Gasteiger partial charge in [-0.3, -0.25) is 4.79 Å². The van der Waals surface area contributed by atoms with Gasteiger partial charge in [-0.2, -0.15) is 0 Å². The molecule has 0 atom stereocenters. The van der Waals surface area contributed by atoms with Gasteiger partial charge in [-0.25, -0.2) is 4.99 Å². The maximum atomic E-state index is 12.6. The summed E-state index contributed by atoms with van der Waals surface area (Å²) in [6.45, 7) is 6.68. The molecule has 1 aliphatic heterocycles. The first-order chi connectivity index (χ1) is 17.9. The van der Waals surface area contributed by atoms with Crippen molar-refractivity contribution < 1.29 is 9.53 Å². The van der Waals surface area contributed by atoms with Crippen molar-refractivity contribution in [3.63, 3.8) is 0 Å². The average Bonchev–Trinajstić information content (AvgIpc) is 3.37. The van der Waals surface area contributed by atoms with Gasteiger partial charge >= 0.3 is 0 Å². The summed E-state index contributed by atoms with van der Waals surface area (Å²) in [5, 5.41) is 3.47. The van der Waals surface area contributed by atoms with Crippen molar-refractivity contribution in [2.24, 2.45) is 4.99 Å². The monoisotopic (exact) mass is 571 g/mol. The molecular formula is C30H26BrN3O2S. The Balaban J connectivity index is 1.31. The van der Waals surface area contributed by atoms with Crippen molar-refractivity contribution in [2.45, 2.75) is 27.4 Å². The number of hydrogen-bond donors (Lipinski definition) is 1. The molecule has 0 saturated carbocycles. The number of nitrogens with one attached hydrogen (secondary N) is 1. The average molecular weight is 573 g/mol. The maximum Gasteiger partial charge on any atom is 0.264 e. The molecule has 0 radical (unpaired) electrons. The minimum atomic E-state index is -0.132. The smallest absolute Gasteiger partial charge is 0.264 e. The first-order valence-electron chi connectivity index (χ1n) is 11.9. The van der Waals surface area contributed by atoms with Crippen LogP contribution in [0.2, 0.25) is 0 Å². The largest absolute Gasteiger partial charge is 0.489 e. The van der Waals surface area contributed by atoms with Gasteiger partial charge in [0.25, 0.3) is 5.91 Å². The van der Waals surface area contributed by atoms with Crippen LogP contribution < -0.4 is 10.1 Å². The van der Waals surface area contributed by atoms with Gasteiger partial charge in [0.05, 0.1) is 10.6 Å². The molecule has 1 saturated heterocycles. The number of thioether (sulfide) groups is 1. The van der Waals surface area contributed by atoms with E-state index in [0.717, 1.165) is 44.1 Å². The molecule has 2 heterocycles. The zero-order chi connectivity index (χ0) is 25.9. The molecule has 1 amide bonds. The number of amides is 1. The Labute approximate surface area is 229 Å². The number of rotatable bonds is 6. The van der Waals surface area contributed by atoms with Gasteiger partial charge in [-0.15, -0.1) is 0 Å². The lowest BCUT2D eigenvalue weighted by Crippen LogP contribution is -2.19. The number of aryl methyl sites for hydroxylation is 2. The van der Waals surface area contributed by atoms with E-state index in [1.165, 1.54) is 17.3 Å². The van der Waals surface area contributed by atoms with Crippen LogP contribution >= 0.6 is 27.7 Å². The molecule has 5 rings (SSSR count). The van der Waals surface area contributed by atoms with E-state index in [2.05, 4.69) is 62.9 Å². The Hall–Kier alpha value is -3.55. The first-order valence-corrected chi connectivity index (χ1v) is 13.5. The minimum absolute atomic E-state index is 0.132. The van der Waals surface area contributed by atoms with E-state index >= 15 is 0 Å². The number of ether oxygens (including phenoxy) is 1. The SMILES string of the molecule is Cc1ccc(N=C2NC(=O)/C(=C/c3cc(C)n(-c4ccc(OCc5ccc(Br)cc5)cc4)c3C)S2)cc1. The highest BCUT2D eigenvalue weighted by Crippen LogP contribution is 2.31. The lowest BCUT2D eigenvalue weighted by Gasteiger charge is -2.11. The van der Waals surface area contributed by atoms with E-state index in [1.54, 1.807) is 0 Å². The Bertz CT molecular complexity index is 1500. The van der Waals surface area contributed by atoms with Crippen LogP contribution in [0, 0.1) is 20.8 Å². The molecule has 3 aromatic carbocycles. The van der Waals surface area contributed by atoms with E-state index in [9.17, 15) is 4.79 Å². The summed E-state index contributed by atoms with van der Waals surface area (Å²) in [5.41, 5.74) is 7.30. The second-order valence-corrected chi connectivity index (χ2v) is 10.8. The van der Waals surface area contributed by atoms with E-state index in [-0.39, 0.29) is 5.91 Å². The number of carbonyl (C=O) groups is 1. The maximum absolute atomic E-state index is 12.6. The highest BCUT2D eigenvalue weighted by Gasteiger charge is 2.24. The summed E-state index contributed by atoms with van der Waals surface area (Å²) >= 11 is 4.82. The van der Waals surface area contributed by atoms with Crippen molar-refractivity contribution in [2.75, 3.05) is 0 Å². The lowest BCUT2D eigenvalue weighted by atomic mass is 10.2. The van der Waals surface area contributed by atoms with Gasteiger partial charge in [0.2, 0.25) is 0 Å². The highest BCUT2D eigenvalue weighted by atomic mass is 79.9. The standard InChI is InChI=1S/C30H26BrN3O2S/c1-19-4-10-25(11-5-19)32-30-33-29(35)28(37-30)17-23-16-20(2)34(21(23)3)26-12-14-27(15-13-26)36-18-22-6-8-24(31)9-7-22/h4-17H,18H2,1-3H3,(H,32,33,35)/b28-17-. The predicted octanol–water partition coefficient (Wildman–Crippen LogP) is 7.64. The summed E-state index contributed by atoms with van der Waals surface area (Å²) < 4.78 is 9.19. The minimum Gasteiger partial charge on any atom is -0.489 e. The molecule has 1 aliphatic rings. The molecule has 0 aliphatic carbocycles. The molecule has 7 heteroatoms. The molecule has 0 unspecified atom stereocenters. The van der Waals surface area contributed by atoms with Gasteiger partial charge in [-0.05, 0) is 104 Å². The zero-order valence-electron chi connectivity index (χ0n) is 20.8. The fourth-order valence-corrected chi connectivity index (χ4v) is 5.23. The van der Waals surface area contributed by atoms with Crippen molar-refractivity contribution >= 4 is 50.5 Å². The lowest BCUT2D eigenvalue weighted by molar-refractivity contribution is -0.115. The van der Waals surface area contributed by atoms with E-state index < -0.39 is 0 Å². The summed E-state index contributed by atoms with van der Waals surface area (Å²) in [6, 6.07) is 26.2. The van der Waals surface area contributed by atoms with Crippen molar-refractivity contribution in [3.05, 3.63) is 116 Å². The number of carbonyl (C=O) groups excluding carboxylic acids is 1. The first kappa shape index (κ1) is 25.1. The number of halogens is 1. The van der Waals surface area contributed by atoms with Gasteiger partial charge in [0, 0.05) is 21.5 Å². The van der Waals surface area contributed by atoms with Crippen molar-refractivity contribution in [1.82, 2.24) is 9.88 Å². The molecule has 1 N–H and O–H groups in total. The summed E-state index contributed by atoms with van der Waals surface area (Å²) in [7, 11) is 0. The fourth-order valence-electron chi connectivity index (χ4n) is 4.13. The van der Waals surface area contributed by atoms with Crippen LogP contribution in [0.5, 0.6) is 5.75 Å². The van der Waals surface area contributed by atoms with E-state index in [4.69, 9.17) is 4.74 Å². The Kier molecular flexibility index (Phi) is 7.35. The normalized spacial score (nSPS) is 15.4. The fraction of sp³-hybridized carbons (Fsp3) is 0.133. The molecule has 186 valence electrons. The van der Waals surface area contributed by atoms with Crippen LogP contribution in [0.15, 0.2) is 93.2 Å². The van der Waals surface area contributed by atoms with Crippen LogP contribution in [-0.2, 0) is 11.4 Å². The van der Waals surface area contributed by atoms with Crippen molar-refractivity contribution in [3.8, 4) is 11.4 Å². The van der Waals surface area contributed by atoms with Gasteiger partial charge in [0.1, 0.15) is 12.4 Å². The number of hydrogen-bond acceptors (Lipinski definition) is 4. The Morgan fingerprint density at radius 2 is 1.68 bits per heavy atom. The molecular weight excluding hydrogens is 546 g/mol. The van der Waals surface area contributed by atoms with Crippen LogP contribution in [0.25, 0.3) is 11.8 Å². The zero-order valence-corrected chi connectivity index (χ0v) is 23.2. The summed E-state index contributed by atoms with van der Waals surface area (Å²) in [5.74, 6) is 0.684. The summed E-state index contributed by atoms with van der Waals surface area (Å²) in [6.07, 6.45) is 1.94. The Morgan fingerprint density at radius 1 is 0.973 bits per heavy atom. The topological polar surface area (TPSA) is 55.6 Å². The molecule has 0 bridgehead atoms. The number of benzene rings is 3. The number of aliphatic imine (C=N–C) groups is 1. The van der Waals surface area contributed by atoms with E-state index in [1.807, 2.05) is 73.7 Å². The highest BCUT2D eigenvalue weighted by molar-refractivity contribution is 9.10. The van der Waals surface area contributed by atoms with Crippen LogP contribution in [0.3, 0.4) is 0 Å². The van der Waals surface area contributed by atoms with Crippen LogP contribution in [0.1, 0.15) is 28.1 Å². The van der Waals surface area contributed by atoms with Gasteiger partial charge in [0.15, 0.2) is 5.17 Å². The number of aromatic nitrogens is 1. The number of amidine groups is 1. The third-order valence-corrected chi connectivity index (χ3v) is 7.52. The Morgan fingerprint density at radius 3 is 2.38 bits per heavy atom. The number of nitrogens with zero attached hydrogens (tertiary/aromatic N) is 2. The molecule has 1 aromatic heterocycles. The van der Waals surface area contributed by atoms with Crippen molar-refractivity contribution in [1.29, 1.82) is 0 Å². The van der Waals surface area contributed by atoms with Gasteiger partial charge in [-0.1, -0.05) is 45.8 Å².